The van der Waals surface area contributed by atoms with Crippen LogP contribution >= 0.6 is 0 Å². The van der Waals surface area contributed by atoms with Crippen LogP contribution in [-0.4, -0.2) is 21.0 Å². The summed E-state index contributed by atoms with van der Waals surface area (Å²) in [5.74, 6) is -0.878. The average Bonchev–Trinajstić information content (AvgIpc) is 2.65. The summed E-state index contributed by atoms with van der Waals surface area (Å²) < 4.78 is 0. The molecule has 2 aromatic rings. The van der Waals surface area contributed by atoms with E-state index in [1.54, 1.807) is 18.2 Å². The van der Waals surface area contributed by atoms with E-state index >= 15 is 0 Å². The summed E-state index contributed by atoms with van der Waals surface area (Å²) in [7, 11) is 0. The summed E-state index contributed by atoms with van der Waals surface area (Å²) in [6.45, 7) is 3.63. The number of nitrogens with two attached hydrogens (primary N) is 1. The van der Waals surface area contributed by atoms with Crippen LogP contribution in [0.4, 0.5) is 0 Å². The van der Waals surface area contributed by atoms with E-state index in [1.165, 1.54) is 0 Å². The summed E-state index contributed by atoms with van der Waals surface area (Å²) in [6, 6.07) is 4.92. The summed E-state index contributed by atoms with van der Waals surface area (Å²) in [6.07, 6.45) is -0.0180. The minimum absolute atomic E-state index is 0.0180. The molecule has 0 amide bonds. The Morgan fingerprint density at radius 1 is 1.37 bits per heavy atom. The molecule has 102 valence electrons. The standard InChI is InChI=1S/C13H17N3O3/c1-13(2,6-10(17)18)11(14)7-3-4-8-9(5-7)16-12(19)15-8/h3-5,11H,6,14H2,1-2H3,(H,17,18)(H2,15,16,19). The molecule has 0 saturated carbocycles. The SMILES string of the molecule is CC(C)(CC(=O)O)C(N)c1ccc2[nH]c(=O)[nH]c2c1. The van der Waals surface area contributed by atoms with Crippen LogP contribution in [0.25, 0.3) is 11.0 Å². The third-order valence-electron chi connectivity index (χ3n) is 3.35. The van der Waals surface area contributed by atoms with Gasteiger partial charge in [0.25, 0.3) is 0 Å². The molecule has 0 aliphatic rings. The second-order valence-electron chi connectivity index (χ2n) is 5.42. The van der Waals surface area contributed by atoms with Crippen molar-refractivity contribution in [2.45, 2.75) is 26.3 Å². The number of benzene rings is 1. The number of H-pyrrole nitrogens is 2. The predicted molar refractivity (Wildman–Crippen MR) is 71.9 cm³/mol. The molecule has 1 atom stereocenters. The fraction of sp³-hybridized carbons (Fsp3) is 0.385. The van der Waals surface area contributed by atoms with Crippen molar-refractivity contribution in [2.75, 3.05) is 0 Å². The Morgan fingerprint density at radius 3 is 2.63 bits per heavy atom. The molecule has 0 spiro atoms. The van der Waals surface area contributed by atoms with Gasteiger partial charge in [0, 0.05) is 6.04 Å². The van der Waals surface area contributed by atoms with E-state index in [2.05, 4.69) is 9.97 Å². The molecule has 2 rings (SSSR count). The first-order valence-electron chi connectivity index (χ1n) is 5.99. The lowest BCUT2D eigenvalue weighted by Crippen LogP contribution is -2.31. The Hall–Kier alpha value is -2.08. The maximum Gasteiger partial charge on any atom is 0.323 e. The van der Waals surface area contributed by atoms with Crippen LogP contribution in [0.1, 0.15) is 31.9 Å². The molecule has 0 aliphatic heterocycles. The van der Waals surface area contributed by atoms with Crippen LogP contribution in [0.5, 0.6) is 0 Å². The summed E-state index contributed by atoms with van der Waals surface area (Å²) in [5.41, 5.74) is 7.48. The molecule has 0 saturated heterocycles. The number of imidazole rings is 1. The van der Waals surface area contributed by atoms with Crippen LogP contribution in [0.15, 0.2) is 23.0 Å². The van der Waals surface area contributed by atoms with E-state index < -0.39 is 17.4 Å². The van der Waals surface area contributed by atoms with Crippen LogP contribution in [0.2, 0.25) is 0 Å². The average molecular weight is 263 g/mol. The van der Waals surface area contributed by atoms with Crippen molar-refractivity contribution >= 4 is 17.0 Å². The maximum atomic E-state index is 11.2. The number of carboxylic acids is 1. The van der Waals surface area contributed by atoms with Gasteiger partial charge in [-0.2, -0.15) is 0 Å². The highest BCUT2D eigenvalue weighted by Gasteiger charge is 2.30. The van der Waals surface area contributed by atoms with E-state index in [-0.39, 0.29) is 12.1 Å². The van der Waals surface area contributed by atoms with Crippen LogP contribution < -0.4 is 11.4 Å². The van der Waals surface area contributed by atoms with Crippen molar-refractivity contribution < 1.29 is 9.90 Å². The van der Waals surface area contributed by atoms with Gasteiger partial charge in [0.1, 0.15) is 0 Å². The first kappa shape index (κ1) is 13.4. The zero-order valence-electron chi connectivity index (χ0n) is 10.9. The van der Waals surface area contributed by atoms with Gasteiger partial charge in [-0.15, -0.1) is 0 Å². The molecule has 6 nitrogen and oxygen atoms in total. The van der Waals surface area contributed by atoms with Gasteiger partial charge < -0.3 is 20.8 Å². The number of carbonyl (C=O) groups is 1. The Labute approximate surface area is 109 Å². The number of hydrogen-bond acceptors (Lipinski definition) is 3. The van der Waals surface area contributed by atoms with Gasteiger partial charge in [0.15, 0.2) is 0 Å². The zero-order chi connectivity index (χ0) is 14.2. The van der Waals surface area contributed by atoms with Gasteiger partial charge in [0.05, 0.1) is 17.5 Å². The Balaban J connectivity index is 2.37. The number of carboxylic acid groups (broad SMARTS) is 1. The van der Waals surface area contributed by atoms with Crippen LogP contribution in [-0.2, 0) is 4.79 Å². The number of aromatic amines is 2. The zero-order valence-corrected chi connectivity index (χ0v) is 10.9. The smallest absolute Gasteiger partial charge is 0.323 e. The largest absolute Gasteiger partial charge is 0.481 e. The lowest BCUT2D eigenvalue weighted by atomic mass is 9.78. The highest BCUT2D eigenvalue weighted by Crippen LogP contribution is 2.35. The molecule has 0 aliphatic carbocycles. The molecular weight excluding hydrogens is 246 g/mol. The quantitative estimate of drug-likeness (QED) is 0.667. The Kier molecular flexibility index (Phi) is 3.20. The molecule has 6 heteroatoms. The van der Waals surface area contributed by atoms with Gasteiger partial charge in [-0.05, 0) is 23.1 Å². The minimum atomic E-state index is -0.878. The Bertz CT molecular complexity index is 669. The van der Waals surface area contributed by atoms with Gasteiger partial charge >= 0.3 is 11.7 Å². The van der Waals surface area contributed by atoms with Crippen molar-refractivity contribution in [3.8, 4) is 0 Å². The lowest BCUT2D eigenvalue weighted by Gasteiger charge is -2.30. The van der Waals surface area contributed by atoms with E-state index in [0.717, 1.165) is 5.56 Å². The lowest BCUT2D eigenvalue weighted by molar-refractivity contribution is -0.139. The fourth-order valence-electron chi connectivity index (χ4n) is 2.19. The molecule has 0 fully saturated rings. The van der Waals surface area contributed by atoms with Gasteiger partial charge in [-0.3, -0.25) is 4.79 Å². The Morgan fingerprint density at radius 2 is 2.00 bits per heavy atom. The van der Waals surface area contributed by atoms with Crippen LogP contribution in [0, 0.1) is 5.41 Å². The van der Waals surface area contributed by atoms with Crippen molar-refractivity contribution in [1.82, 2.24) is 9.97 Å². The van der Waals surface area contributed by atoms with E-state index in [0.29, 0.717) is 11.0 Å². The summed E-state index contributed by atoms with van der Waals surface area (Å²) in [4.78, 5) is 27.4. The normalized spacial score (nSPS) is 13.6. The monoisotopic (exact) mass is 263 g/mol. The number of rotatable bonds is 4. The first-order valence-corrected chi connectivity index (χ1v) is 5.99. The second-order valence-corrected chi connectivity index (χ2v) is 5.42. The summed E-state index contributed by atoms with van der Waals surface area (Å²) in [5, 5.41) is 8.91. The molecule has 1 aromatic carbocycles. The maximum absolute atomic E-state index is 11.2. The first-order chi connectivity index (χ1) is 8.79. The number of aliphatic carboxylic acids is 1. The van der Waals surface area contributed by atoms with Gasteiger partial charge in [-0.1, -0.05) is 19.9 Å². The van der Waals surface area contributed by atoms with Crippen molar-refractivity contribution in [3.63, 3.8) is 0 Å². The van der Waals surface area contributed by atoms with Crippen molar-refractivity contribution in [2.24, 2.45) is 11.1 Å². The molecule has 1 aromatic heterocycles. The number of fused-ring (bicyclic) bond motifs is 1. The molecule has 1 heterocycles. The topological polar surface area (TPSA) is 112 Å². The van der Waals surface area contributed by atoms with Crippen LogP contribution in [0.3, 0.4) is 0 Å². The van der Waals surface area contributed by atoms with Crippen molar-refractivity contribution in [1.29, 1.82) is 0 Å². The summed E-state index contributed by atoms with van der Waals surface area (Å²) >= 11 is 0. The third kappa shape index (κ3) is 2.68. The number of hydrogen-bond donors (Lipinski definition) is 4. The molecule has 1 unspecified atom stereocenters. The fourth-order valence-corrected chi connectivity index (χ4v) is 2.19. The molecule has 0 bridgehead atoms. The molecule has 0 radical (unpaired) electrons. The van der Waals surface area contributed by atoms with Gasteiger partial charge in [-0.25, -0.2) is 4.79 Å². The molecule has 19 heavy (non-hydrogen) atoms. The van der Waals surface area contributed by atoms with Gasteiger partial charge in [0.2, 0.25) is 0 Å². The minimum Gasteiger partial charge on any atom is -0.481 e. The van der Waals surface area contributed by atoms with E-state index in [4.69, 9.17) is 10.8 Å². The second kappa shape index (κ2) is 4.55. The third-order valence-corrected chi connectivity index (χ3v) is 3.35. The highest BCUT2D eigenvalue weighted by molar-refractivity contribution is 5.75. The molecular formula is C13H17N3O3. The van der Waals surface area contributed by atoms with E-state index in [9.17, 15) is 9.59 Å². The number of aromatic nitrogens is 2. The van der Waals surface area contributed by atoms with Crippen molar-refractivity contribution in [3.05, 3.63) is 34.2 Å². The number of nitrogens with one attached hydrogen (secondary N) is 2. The molecule has 5 N–H and O–H groups in total. The highest BCUT2D eigenvalue weighted by atomic mass is 16.4. The predicted octanol–water partition coefficient (Wildman–Crippen LogP) is 1.36. The van der Waals surface area contributed by atoms with E-state index in [1.807, 2.05) is 13.8 Å².